The first-order chi connectivity index (χ1) is 14.6. The van der Waals surface area contributed by atoms with Crippen molar-refractivity contribution in [3.8, 4) is 17.1 Å². The van der Waals surface area contributed by atoms with Crippen LogP contribution in [0.15, 0.2) is 48.9 Å². The summed E-state index contributed by atoms with van der Waals surface area (Å²) in [7, 11) is 1.38. The Kier molecular flexibility index (Phi) is 7.26. The van der Waals surface area contributed by atoms with E-state index >= 15 is 0 Å². The van der Waals surface area contributed by atoms with Gasteiger partial charge in [0.05, 0.1) is 24.9 Å². The largest absolute Gasteiger partial charge is 0.469 e. The fraction of sp³-hybridized carbons (Fsp3) is 0.318. The van der Waals surface area contributed by atoms with E-state index in [0.717, 1.165) is 41.9 Å². The number of carbonyl (C=O) groups excluding carboxylic acids is 1. The van der Waals surface area contributed by atoms with Crippen LogP contribution in [0.5, 0.6) is 0 Å². The van der Waals surface area contributed by atoms with E-state index in [4.69, 9.17) is 5.41 Å². The molecule has 1 aromatic carbocycles. The van der Waals surface area contributed by atoms with E-state index in [1.807, 2.05) is 42.6 Å². The van der Waals surface area contributed by atoms with Gasteiger partial charge in [-0.05, 0) is 18.6 Å². The zero-order valence-corrected chi connectivity index (χ0v) is 17.3. The highest BCUT2D eigenvalue weighted by Gasteiger charge is 2.08. The number of nitrogens with zero attached hydrogens (tertiary/aromatic N) is 4. The van der Waals surface area contributed by atoms with Gasteiger partial charge in [0.1, 0.15) is 12.2 Å². The predicted octanol–water partition coefficient (Wildman–Crippen LogP) is 3.15. The number of esters is 1. The number of methoxy groups -OCH3 is 1. The van der Waals surface area contributed by atoms with Crippen LogP contribution in [0.25, 0.3) is 17.1 Å². The molecule has 3 rings (SSSR count). The van der Waals surface area contributed by atoms with E-state index in [2.05, 4.69) is 32.2 Å². The molecule has 8 heteroatoms. The van der Waals surface area contributed by atoms with Gasteiger partial charge in [-0.3, -0.25) is 14.8 Å². The molecule has 2 heterocycles. The molecule has 0 aliphatic heterocycles. The van der Waals surface area contributed by atoms with Gasteiger partial charge in [-0.1, -0.05) is 37.6 Å². The third kappa shape index (κ3) is 5.50. The van der Waals surface area contributed by atoms with Crippen LogP contribution in [0, 0.1) is 5.41 Å². The molecule has 0 spiro atoms. The molecule has 0 saturated heterocycles. The second kappa shape index (κ2) is 10.3. The minimum atomic E-state index is -0.258. The summed E-state index contributed by atoms with van der Waals surface area (Å²) in [5.41, 5.74) is 3.32. The Morgan fingerprint density at radius 1 is 1.17 bits per heavy atom. The number of hydrogen-bond acceptors (Lipinski definition) is 6. The van der Waals surface area contributed by atoms with Crippen LogP contribution in [0.2, 0.25) is 0 Å². The van der Waals surface area contributed by atoms with Gasteiger partial charge in [-0.15, -0.1) is 10.2 Å². The van der Waals surface area contributed by atoms with Gasteiger partial charge in [0.25, 0.3) is 0 Å². The molecule has 0 aliphatic rings. The van der Waals surface area contributed by atoms with E-state index < -0.39 is 0 Å². The number of carbonyl (C=O) groups is 1. The van der Waals surface area contributed by atoms with Gasteiger partial charge < -0.3 is 10.1 Å². The Morgan fingerprint density at radius 2 is 1.97 bits per heavy atom. The minimum absolute atomic E-state index is 0.258. The van der Waals surface area contributed by atoms with Crippen molar-refractivity contribution < 1.29 is 9.53 Å². The first-order valence-electron chi connectivity index (χ1n) is 9.97. The van der Waals surface area contributed by atoms with Gasteiger partial charge in [0.2, 0.25) is 0 Å². The Morgan fingerprint density at radius 3 is 2.63 bits per heavy atom. The van der Waals surface area contributed by atoms with Crippen molar-refractivity contribution >= 4 is 11.8 Å². The summed E-state index contributed by atoms with van der Waals surface area (Å²) in [6.07, 6.45) is 6.44. The maximum atomic E-state index is 11.3. The topological polar surface area (TPSA) is 106 Å². The minimum Gasteiger partial charge on any atom is -0.469 e. The van der Waals surface area contributed by atoms with Crippen LogP contribution < -0.4 is 5.32 Å². The highest BCUT2D eigenvalue weighted by atomic mass is 16.5. The number of hydrogen-bond donors (Lipinski definition) is 2. The van der Waals surface area contributed by atoms with Gasteiger partial charge in [0.15, 0.2) is 5.82 Å². The lowest BCUT2D eigenvalue weighted by molar-refractivity contribution is -0.140. The molecule has 0 radical (unpaired) electrons. The standard InChI is InChI=1S/C22H26N6O2/c1-3-4-13-24-22(23)17-7-5-16(6-8-17)19-10-11-20(27-26-19)28-14-18(25-15-28)9-12-21(29)30-2/h5-8,10-11,14-15H,3-4,9,12-13H2,1-2H3,(H2,23,24). The molecule has 30 heavy (non-hydrogen) atoms. The molecule has 0 fully saturated rings. The number of benzene rings is 1. The molecule has 2 aromatic heterocycles. The van der Waals surface area contributed by atoms with Crippen molar-refractivity contribution in [3.63, 3.8) is 0 Å². The number of amidine groups is 1. The average molecular weight is 406 g/mol. The van der Waals surface area contributed by atoms with Crippen LogP contribution in [-0.2, 0) is 16.0 Å². The summed E-state index contributed by atoms with van der Waals surface area (Å²) >= 11 is 0. The third-order valence-electron chi connectivity index (χ3n) is 4.67. The number of imidazole rings is 1. The second-order valence-corrected chi connectivity index (χ2v) is 6.86. The molecule has 8 nitrogen and oxygen atoms in total. The molecule has 0 unspecified atom stereocenters. The molecule has 156 valence electrons. The number of aryl methyl sites for hydroxylation is 1. The normalized spacial score (nSPS) is 10.6. The molecule has 2 N–H and O–H groups in total. The molecule has 0 saturated carbocycles. The third-order valence-corrected chi connectivity index (χ3v) is 4.67. The molecule has 0 bridgehead atoms. The quantitative estimate of drug-likeness (QED) is 0.245. The van der Waals surface area contributed by atoms with E-state index in [1.54, 1.807) is 10.9 Å². The smallest absolute Gasteiger partial charge is 0.305 e. The monoisotopic (exact) mass is 406 g/mol. The summed E-state index contributed by atoms with van der Waals surface area (Å²) in [5, 5.41) is 19.8. The Balaban J connectivity index is 1.63. The molecule has 0 aliphatic carbocycles. The van der Waals surface area contributed by atoms with E-state index in [1.165, 1.54) is 7.11 Å². The highest BCUT2D eigenvalue weighted by Crippen LogP contribution is 2.18. The maximum Gasteiger partial charge on any atom is 0.305 e. The lowest BCUT2D eigenvalue weighted by atomic mass is 10.1. The number of nitrogens with one attached hydrogen (secondary N) is 2. The fourth-order valence-electron chi connectivity index (χ4n) is 2.87. The zero-order chi connectivity index (χ0) is 21.3. The number of aromatic nitrogens is 4. The summed E-state index contributed by atoms with van der Waals surface area (Å²) < 4.78 is 6.42. The van der Waals surface area contributed by atoms with Gasteiger partial charge in [-0.25, -0.2) is 4.98 Å². The van der Waals surface area contributed by atoms with Gasteiger partial charge in [0, 0.05) is 30.3 Å². The molecular weight excluding hydrogens is 380 g/mol. The Hall–Kier alpha value is -3.55. The van der Waals surface area contributed by atoms with Gasteiger partial charge >= 0.3 is 5.97 Å². The number of unbranched alkanes of at least 4 members (excludes halogenated alkanes) is 1. The van der Waals surface area contributed by atoms with Crippen LogP contribution in [0.4, 0.5) is 0 Å². The van der Waals surface area contributed by atoms with Crippen molar-refractivity contribution in [1.29, 1.82) is 5.41 Å². The van der Waals surface area contributed by atoms with Crippen LogP contribution in [0.3, 0.4) is 0 Å². The SMILES string of the molecule is CCCCNC(=N)c1ccc(-c2ccc(-n3cnc(CCC(=O)OC)c3)nn2)cc1. The first-order valence-corrected chi connectivity index (χ1v) is 9.97. The summed E-state index contributed by atoms with van der Waals surface area (Å²) in [4.78, 5) is 15.6. The zero-order valence-electron chi connectivity index (χ0n) is 17.3. The lowest BCUT2D eigenvalue weighted by Crippen LogP contribution is -2.24. The Bertz CT molecular complexity index is 980. The van der Waals surface area contributed by atoms with E-state index in [0.29, 0.717) is 24.5 Å². The van der Waals surface area contributed by atoms with Crippen molar-refractivity contribution in [1.82, 2.24) is 25.1 Å². The second-order valence-electron chi connectivity index (χ2n) is 6.86. The molecular formula is C22H26N6O2. The number of rotatable bonds is 9. The fourth-order valence-corrected chi connectivity index (χ4v) is 2.87. The Labute approximate surface area is 175 Å². The molecule has 3 aromatic rings. The van der Waals surface area contributed by atoms with Crippen LogP contribution in [0.1, 0.15) is 37.4 Å². The predicted molar refractivity (Wildman–Crippen MR) is 115 cm³/mol. The lowest BCUT2D eigenvalue weighted by Gasteiger charge is -2.08. The molecule has 0 atom stereocenters. The summed E-state index contributed by atoms with van der Waals surface area (Å²) in [6.45, 7) is 2.94. The summed E-state index contributed by atoms with van der Waals surface area (Å²) in [6, 6.07) is 11.5. The van der Waals surface area contributed by atoms with Crippen molar-refractivity contribution in [3.05, 3.63) is 60.2 Å². The van der Waals surface area contributed by atoms with Crippen LogP contribution >= 0.6 is 0 Å². The van der Waals surface area contributed by atoms with Crippen molar-refractivity contribution in [2.45, 2.75) is 32.6 Å². The highest BCUT2D eigenvalue weighted by molar-refractivity contribution is 5.96. The van der Waals surface area contributed by atoms with Crippen molar-refractivity contribution in [2.24, 2.45) is 0 Å². The number of ether oxygens (including phenoxy) is 1. The average Bonchev–Trinajstić information content (AvgIpc) is 3.27. The van der Waals surface area contributed by atoms with Gasteiger partial charge in [-0.2, -0.15) is 0 Å². The van der Waals surface area contributed by atoms with Crippen LogP contribution in [-0.4, -0.2) is 45.2 Å². The summed E-state index contributed by atoms with van der Waals surface area (Å²) in [5.74, 6) is 0.820. The van der Waals surface area contributed by atoms with E-state index in [9.17, 15) is 4.79 Å². The first kappa shape index (κ1) is 21.2. The molecule has 0 amide bonds. The maximum absolute atomic E-state index is 11.3. The van der Waals surface area contributed by atoms with Crippen molar-refractivity contribution in [2.75, 3.05) is 13.7 Å². The van der Waals surface area contributed by atoms with E-state index in [-0.39, 0.29) is 5.97 Å².